The van der Waals surface area contributed by atoms with E-state index in [1.807, 2.05) is 19.2 Å². The molecule has 0 aliphatic heterocycles. The van der Waals surface area contributed by atoms with Crippen LogP contribution in [0, 0.1) is 0 Å². The summed E-state index contributed by atoms with van der Waals surface area (Å²) < 4.78 is 1.70. The lowest BCUT2D eigenvalue weighted by Gasteiger charge is -2.07. The summed E-state index contributed by atoms with van der Waals surface area (Å²) in [6.45, 7) is 3.44. The molecule has 0 saturated carbocycles. The van der Waals surface area contributed by atoms with Crippen molar-refractivity contribution in [2.75, 3.05) is 5.32 Å². The molecule has 0 amide bonds. The number of thiophene rings is 2. The van der Waals surface area contributed by atoms with Crippen LogP contribution in [0.2, 0.25) is 0 Å². The molecule has 0 atom stereocenters. The molecule has 0 aromatic carbocycles. The highest BCUT2D eigenvalue weighted by atomic mass is 32.1. The average molecular weight is 316 g/mol. The van der Waals surface area contributed by atoms with Crippen molar-refractivity contribution in [3.63, 3.8) is 0 Å². The first-order valence-electron chi connectivity index (χ1n) is 6.82. The predicted octanol–water partition coefficient (Wildman–Crippen LogP) is 4.27. The minimum Gasteiger partial charge on any atom is -0.379 e. The molecule has 0 saturated heterocycles. The van der Waals surface area contributed by atoms with Gasteiger partial charge in [0.25, 0.3) is 5.56 Å². The number of aryl methyl sites for hydroxylation is 1. The lowest BCUT2D eigenvalue weighted by molar-refractivity contribution is 0.728. The molecule has 0 unspecified atom stereocenters. The van der Waals surface area contributed by atoms with Crippen LogP contribution in [0.4, 0.5) is 5.69 Å². The standard InChI is InChI=1S/C16H16N2OS2/c1-2-18-10-13(5-6-16(18)19)17-9-14-8-12(11-21-14)15-4-3-7-20-15/h3-8,10-11,17H,2,9H2,1H3. The molecule has 0 radical (unpaired) electrons. The third kappa shape index (κ3) is 3.25. The van der Waals surface area contributed by atoms with Crippen molar-refractivity contribution >= 4 is 28.4 Å². The fourth-order valence-corrected chi connectivity index (χ4v) is 3.73. The average Bonchev–Trinajstić information content (AvgIpc) is 3.17. The molecule has 5 heteroatoms. The highest BCUT2D eigenvalue weighted by molar-refractivity contribution is 7.14. The van der Waals surface area contributed by atoms with E-state index in [0.29, 0.717) is 6.54 Å². The number of hydrogen-bond donors (Lipinski definition) is 1. The number of nitrogens with zero attached hydrogens (tertiary/aromatic N) is 1. The second-order valence-electron chi connectivity index (χ2n) is 4.67. The van der Waals surface area contributed by atoms with Gasteiger partial charge in [0, 0.05) is 40.7 Å². The van der Waals surface area contributed by atoms with Crippen LogP contribution in [0.5, 0.6) is 0 Å². The minimum atomic E-state index is 0.0409. The van der Waals surface area contributed by atoms with E-state index in [4.69, 9.17) is 0 Å². The molecule has 3 nitrogen and oxygen atoms in total. The molecular weight excluding hydrogens is 300 g/mol. The zero-order valence-electron chi connectivity index (χ0n) is 11.7. The lowest BCUT2D eigenvalue weighted by Crippen LogP contribution is -2.17. The van der Waals surface area contributed by atoms with Gasteiger partial charge in [-0.2, -0.15) is 0 Å². The topological polar surface area (TPSA) is 34.0 Å². The minimum absolute atomic E-state index is 0.0409. The first-order valence-corrected chi connectivity index (χ1v) is 8.58. The zero-order valence-corrected chi connectivity index (χ0v) is 13.3. The van der Waals surface area contributed by atoms with Gasteiger partial charge in [0.05, 0.1) is 5.69 Å². The summed E-state index contributed by atoms with van der Waals surface area (Å²) in [4.78, 5) is 14.1. The fourth-order valence-electron chi connectivity index (χ4n) is 2.12. The highest BCUT2D eigenvalue weighted by Crippen LogP contribution is 2.29. The van der Waals surface area contributed by atoms with Crippen molar-refractivity contribution in [1.29, 1.82) is 0 Å². The van der Waals surface area contributed by atoms with E-state index in [9.17, 15) is 4.79 Å². The van der Waals surface area contributed by atoms with Crippen molar-refractivity contribution in [2.45, 2.75) is 20.0 Å². The molecule has 21 heavy (non-hydrogen) atoms. The second kappa shape index (κ2) is 6.28. The van der Waals surface area contributed by atoms with Gasteiger partial charge in [-0.25, -0.2) is 0 Å². The predicted molar refractivity (Wildman–Crippen MR) is 91.3 cm³/mol. The summed E-state index contributed by atoms with van der Waals surface area (Å²) in [5, 5.41) is 7.66. The van der Waals surface area contributed by atoms with E-state index in [2.05, 4.69) is 34.3 Å². The molecule has 108 valence electrons. The largest absolute Gasteiger partial charge is 0.379 e. The number of anilines is 1. The summed E-state index contributed by atoms with van der Waals surface area (Å²) >= 11 is 3.51. The van der Waals surface area contributed by atoms with Gasteiger partial charge in [0.15, 0.2) is 0 Å². The van der Waals surface area contributed by atoms with Crippen LogP contribution < -0.4 is 10.9 Å². The lowest BCUT2D eigenvalue weighted by atomic mass is 10.2. The Kier molecular flexibility index (Phi) is 4.22. The van der Waals surface area contributed by atoms with E-state index in [0.717, 1.165) is 12.2 Å². The van der Waals surface area contributed by atoms with Crippen molar-refractivity contribution in [1.82, 2.24) is 4.57 Å². The van der Waals surface area contributed by atoms with E-state index in [-0.39, 0.29) is 5.56 Å². The van der Waals surface area contributed by atoms with Gasteiger partial charge < -0.3 is 9.88 Å². The highest BCUT2D eigenvalue weighted by Gasteiger charge is 2.04. The summed E-state index contributed by atoms with van der Waals surface area (Å²) in [6.07, 6.45) is 1.87. The van der Waals surface area contributed by atoms with Crippen molar-refractivity contribution in [3.05, 3.63) is 62.5 Å². The Morgan fingerprint density at radius 1 is 1.24 bits per heavy atom. The maximum atomic E-state index is 11.5. The Morgan fingerprint density at radius 3 is 2.90 bits per heavy atom. The van der Waals surface area contributed by atoms with Crippen LogP contribution in [-0.2, 0) is 13.1 Å². The molecule has 0 bridgehead atoms. The van der Waals surface area contributed by atoms with Crippen molar-refractivity contribution in [3.8, 4) is 10.4 Å². The number of nitrogens with one attached hydrogen (secondary N) is 1. The monoisotopic (exact) mass is 316 g/mol. The van der Waals surface area contributed by atoms with E-state index in [1.54, 1.807) is 33.3 Å². The molecule has 3 aromatic heterocycles. The summed E-state index contributed by atoms with van der Waals surface area (Å²) in [5.41, 5.74) is 2.30. The molecule has 0 aliphatic rings. The molecule has 3 aromatic rings. The number of pyridine rings is 1. The van der Waals surface area contributed by atoms with Gasteiger partial charge in [-0.15, -0.1) is 22.7 Å². The van der Waals surface area contributed by atoms with Crippen molar-refractivity contribution < 1.29 is 0 Å². The smallest absolute Gasteiger partial charge is 0.250 e. The SMILES string of the molecule is CCn1cc(NCc2cc(-c3cccs3)cs2)ccc1=O. The number of hydrogen-bond acceptors (Lipinski definition) is 4. The Morgan fingerprint density at radius 2 is 2.14 bits per heavy atom. The zero-order chi connectivity index (χ0) is 14.7. The molecule has 0 spiro atoms. The Bertz CT molecular complexity index is 772. The summed E-state index contributed by atoms with van der Waals surface area (Å²) in [5.74, 6) is 0. The Labute approximate surface area is 131 Å². The van der Waals surface area contributed by atoms with Crippen LogP contribution in [0.1, 0.15) is 11.8 Å². The van der Waals surface area contributed by atoms with Gasteiger partial charge in [-0.1, -0.05) is 6.07 Å². The summed E-state index contributed by atoms with van der Waals surface area (Å²) in [7, 11) is 0. The number of rotatable bonds is 5. The first kappa shape index (κ1) is 14.1. The molecule has 0 fully saturated rings. The van der Waals surface area contributed by atoms with Gasteiger partial charge in [0.2, 0.25) is 0 Å². The van der Waals surface area contributed by atoms with Crippen molar-refractivity contribution in [2.24, 2.45) is 0 Å². The van der Waals surface area contributed by atoms with Crippen LogP contribution in [-0.4, -0.2) is 4.57 Å². The quantitative estimate of drug-likeness (QED) is 0.762. The van der Waals surface area contributed by atoms with E-state index in [1.165, 1.54) is 15.3 Å². The molecule has 1 N–H and O–H groups in total. The van der Waals surface area contributed by atoms with Gasteiger partial charge in [-0.05, 0) is 35.9 Å². The third-order valence-electron chi connectivity index (χ3n) is 3.25. The molecule has 3 rings (SSSR count). The maximum Gasteiger partial charge on any atom is 0.250 e. The Balaban J connectivity index is 1.69. The Hall–Kier alpha value is -1.85. The van der Waals surface area contributed by atoms with Crippen LogP contribution in [0.25, 0.3) is 10.4 Å². The second-order valence-corrected chi connectivity index (χ2v) is 6.62. The van der Waals surface area contributed by atoms with E-state index >= 15 is 0 Å². The summed E-state index contributed by atoms with van der Waals surface area (Å²) in [6, 6.07) is 9.88. The maximum absolute atomic E-state index is 11.5. The van der Waals surface area contributed by atoms with Gasteiger partial charge >= 0.3 is 0 Å². The first-order chi connectivity index (χ1) is 10.3. The van der Waals surface area contributed by atoms with Gasteiger partial charge in [0.1, 0.15) is 0 Å². The number of aromatic nitrogens is 1. The molecule has 3 heterocycles. The molecular formula is C16H16N2OS2. The van der Waals surface area contributed by atoms with Crippen LogP contribution >= 0.6 is 22.7 Å². The fraction of sp³-hybridized carbons (Fsp3) is 0.188. The van der Waals surface area contributed by atoms with E-state index < -0.39 is 0 Å². The normalized spacial score (nSPS) is 10.7. The van der Waals surface area contributed by atoms with Crippen LogP contribution in [0.3, 0.4) is 0 Å². The van der Waals surface area contributed by atoms with Gasteiger partial charge in [-0.3, -0.25) is 4.79 Å². The third-order valence-corrected chi connectivity index (χ3v) is 5.11. The van der Waals surface area contributed by atoms with Crippen LogP contribution in [0.15, 0.2) is 52.1 Å². The molecule has 0 aliphatic carbocycles.